The van der Waals surface area contributed by atoms with Crippen molar-refractivity contribution in [3.8, 4) is 0 Å². The molecule has 1 aromatic carbocycles. The topological polar surface area (TPSA) is 55.1 Å². The summed E-state index contributed by atoms with van der Waals surface area (Å²) in [7, 11) is 0. The number of carbonyl (C=O) groups excluding carboxylic acids is 1. The van der Waals surface area contributed by atoms with Gasteiger partial charge in [-0.05, 0) is 24.8 Å². The number of nitrogens with two attached hydrogens (primary N) is 1. The van der Waals surface area contributed by atoms with Crippen LogP contribution >= 0.6 is 0 Å². The van der Waals surface area contributed by atoms with E-state index in [1.165, 1.54) is 5.56 Å². The zero-order valence-corrected chi connectivity index (χ0v) is 9.78. The quantitative estimate of drug-likeness (QED) is 0.713. The monoisotopic (exact) mass is 220 g/mol. The Kier molecular flexibility index (Phi) is 5.57. The van der Waals surface area contributed by atoms with Gasteiger partial charge < -0.3 is 11.1 Å². The van der Waals surface area contributed by atoms with Gasteiger partial charge in [-0.2, -0.15) is 0 Å². The first-order valence-electron chi connectivity index (χ1n) is 5.81. The average Bonchev–Trinajstić information content (AvgIpc) is 2.34. The third-order valence-corrected chi connectivity index (χ3v) is 2.56. The van der Waals surface area contributed by atoms with Gasteiger partial charge in [-0.25, -0.2) is 0 Å². The van der Waals surface area contributed by atoms with Crippen LogP contribution in [0, 0.1) is 0 Å². The third-order valence-electron chi connectivity index (χ3n) is 2.56. The lowest BCUT2D eigenvalue weighted by molar-refractivity contribution is -0.122. The second kappa shape index (κ2) is 7.01. The van der Waals surface area contributed by atoms with Gasteiger partial charge in [0.25, 0.3) is 0 Å². The van der Waals surface area contributed by atoms with Crippen LogP contribution in [0.2, 0.25) is 0 Å². The normalized spacial score (nSPS) is 12.1. The maximum absolute atomic E-state index is 11.3. The first-order chi connectivity index (χ1) is 7.74. The summed E-state index contributed by atoms with van der Waals surface area (Å²) in [5.41, 5.74) is 6.90. The first-order valence-corrected chi connectivity index (χ1v) is 5.81. The summed E-state index contributed by atoms with van der Waals surface area (Å²) < 4.78 is 0. The lowest BCUT2D eigenvalue weighted by atomic mass is 10.1. The maximum Gasteiger partial charge on any atom is 0.236 e. The Morgan fingerprint density at radius 1 is 1.38 bits per heavy atom. The highest BCUT2D eigenvalue weighted by Gasteiger charge is 2.08. The van der Waals surface area contributed by atoms with Crippen LogP contribution < -0.4 is 11.1 Å². The third kappa shape index (κ3) is 4.45. The molecule has 0 aromatic heterocycles. The Balaban J connectivity index is 2.15. The molecule has 0 aliphatic heterocycles. The molecular formula is C13H20N2O. The summed E-state index contributed by atoms with van der Waals surface area (Å²) in [5, 5.41) is 2.84. The molecule has 0 saturated heterocycles. The van der Waals surface area contributed by atoms with E-state index in [4.69, 9.17) is 5.73 Å². The number of carbonyl (C=O) groups is 1. The molecule has 0 aliphatic rings. The molecular weight excluding hydrogens is 200 g/mol. The molecule has 88 valence electrons. The summed E-state index contributed by atoms with van der Waals surface area (Å²) in [6.07, 6.45) is 2.62. The van der Waals surface area contributed by atoms with Crippen molar-refractivity contribution in [2.75, 3.05) is 6.54 Å². The van der Waals surface area contributed by atoms with Crippen LogP contribution in [0.4, 0.5) is 0 Å². The summed E-state index contributed by atoms with van der Waals surface area (Å²) in [4.78, 5) is 11.3. The van der Waals surface area contributed by atoms with E-state index in [2.05, 4.69) is 17.4 Å². The van der Waals surface area contributed by atoms with E-state index in [1.54, 1.807) is 0 Å². The number of aryl methyl sites for hydroxylation is 1. The number of amides is 1. The SMILES string of the molecule is CCC(N)C(=O)NCCCc1ccccc1. The fraction of sp³-hybridized carbons (Fsp3) is 0.462. The van der Waals surface area contributed by atoms with Crippen LogP contribution in [0.5, 0.6) is 0 Å². The van der Waals surface area contributed by atoms with Gasteiger partial charge in [0.05, 0.1) is 6.04 Å². The lowest BCUT2D eigenvalue weighted by Crippen LogP contribution is -2.40. The largest absolute Gasteiger partial charge is 0.355 e. The molecule has 0 fully saturated rings. The minimum absolute atomic E-state index is 0.0458. The molecule has 0 saturated carbocycles. The molecule has 0 aliphatic carbocycles. The molecule has 1 unspecified atom stereocenters. The Hall–Kier alpha value is -1.35. The Labute approximate surface area is 97.0 Å². The number of hydrogen-bond donors (Lipinski definition) is 2. The summed E-state index contributed by atoms with van der Waals surface area (Å²) in [6.45, 7) is 2.61. The average molecular weight is 220 g/mol. The molecule has 1 aromatic rings. The molecule has 16 heavy (non-hydrogen) atoms. The highest BCUT2D eigenvalue weighted by molar-refractivity contribution is 5.81. The van der Waals surface area contributed by atoms with Gasteiger partial charge in [0.2, 0.25) is 5.91 Å². The molecule has 3 N–H and O–H groups in total. The molecule has 3 heteroatoms. The second-order valence-electron chi connectivity index (χ2n) is 3.89. The van der Waals surface area contributed by atoms with Gasteiger partial charge >= 0.3 is 0 Å². The maximum atomic E-state index is 11.3. The molecule has 0 spiro atoms. The Morgan fingerprint density at radius 2 is 2.06 bits per heavy atom. The van der Waals surface area contributed by atoms with Crippen LogP contribution in [-0.4, -0.2) is 18.5 Å². The van der Waals surface area contributed by atoms with Crippen LogP contribution in [0.25, 0.3) is 0 Å². The van der Waals surface area contributed by atoms with Crippen LogP contribution in [0.15, 0.2) is 30.3 Å². The van der Waals surface area contributed by atoms with Crippen molar-refractivity contribution < 1.29 is 4.79 Å². The number of benzene rings is 1. The second-order valence-corrected chi connectivity index (χ2v) is 3.89. The summed E-state index contributed by atoms with van der Waals surface area (Å²) >= 11 is 0. The van der Waals surface area contributed by atoms with E-state index < -0.39 is 0 Å². The smallest absolute Gasteiger partial charge is 0.236 e. The fourth-order valence-electron chi connectivity index (χ4n) is 1.47. The minimum atomic E-state index is -0.364. The van der Waals surface area contributed by atoms with Crippen molar-refractivity contribution in [3.63, 3.8) is 0 Å². The molecule has 0 bridgehead atoms. The van der Waals surface area contributed by atoms with Crippen molar-refractivity contribution in [2.45, 2.75) is 32.2 Å². The van der Waals surface area contributed by atoms with Gasteiger partial charge in [0.15, 0.2) is 0 Å². The van der Waals surface area contributed by atoms with Crippen molar-refractivity contribution in [1.82, 2.24) is 5.32 Å². The number of nitrogens with one attached hydrogen (secondary N) is 1. The highest BCUT2D eigenvalue weighted by Crippen LogP contribution is 2.01. The standard InChI is InChI=1S/C13H20N2O/c1-2-12(14)13(16)15-10-6-9-11-7-4-3-5-8-11/h3-5,7-8,12H,2,6,9-10,14H2,1H3,(H,15,16). The Bertz CT molecular complexity index is 311. The van der Waals surface area contributed by atoms with Gasteiger partial charge in [-0.1, -0.05) is 37.3 Å². The zero-order chi connectivity index (χ0) is 11.8. The van der Waals surface area contributed by atoms with Crippen LogP contribution in [0.3, 0.4) is 0 Å². The van der Waals surface area contributed by atoms with Crippen molar-refractivity contribution in [1.29, 1.82) is 0 Å². The van der Waals surface area contributed by atoms with E-state index in [0.29, 0.717) is 13.0 Å². The molecule has 0 radical (unpaired) electrons. The van der Waals surface area contributed by atoms with Crippen LogP contribution in [-0.2, 0) is 11.2 Å². The first kappa shape index (κ1) is 12.7. The van der Waals surface area contributed by atoms with Gasteiger partial charge in [0.1, 0.15) is 0 Å². The summed E-state index contributed by atoms with van der Waals surface area (Å²) in [5.74, 6) is -0.0458. The van der Waals surface area contributed by atoms with Crippen LogP contribution in [0.1, 0.15) is 25.3 Å². The van der Waals surface area contributed by atoms with Crippen molar-refractivity contribution in [2.24, 2.45) is 5.73 Å². The van der Waals surface area contributed by atoms with E-state index in [0.717, 1.165) is 12.8 Å². The van der Waals surface area contributed by atoms with Gasteiger partial charge in [-0.3, -0.25) is 4.79 Å². The minimum Gasteiger partial charge on any atom is -0.355 e. The molecule has 0 heterocycles. The highest BCUT2D eigenvalue weighted by atomic mass is 16.2. The fourth-order valence-corrected chi connectivity index (χ4v) is 1.47. The predicted molar refractivity (Wildman–Crippen MR) is 66.0 cm³/mol. The summed E-state index contributed by atoms with van der Waals surface area (Å²) in [6, 6.07) is 9.89. The molecule has 3 nitrogen and oxygen atoms in total. The van der Waals surface area contributed by atoms with Gasteiger partial charge in [0, 0.05) is 6.54 Å². The molecule has 1 rings (SSSR count). The predicted octanol–water partition coefficient (Wildman–Crippen LogP) is 1.47. The van der Waals surface area contributed by atoms with Crippen molar-refractivity contribution in [3.05, 3.63) is 35.9 Å². The molecule has 1 amide bonds. The van der Waals surface area contributed by atoms with Gasteiger partial charge in [-0.15, -0.1) is 0 Å². The van der Waals surface area contributed by atoms with E-state index in [9.17, 15) is 4.79 Å². The van der Waals surface area contributed by atoms with E-state index in [1.807, 2.05) is 25.1 Å². The van der Waals surface area contributed by atoms with E-state index >= 15 is 0 Å². The lowest BCUT2D eigenvalue weighted by Gasteiger charge is -2.09. The van der Waals surface area contributed by atoms with Crippen molar-refractivity contribution >= 4 is 5.91 Å². The number of hydrogen-bond acceptors (Lipinski definition) is 2. The molecule has 1 atom stereocenters. The number of rotatable bonds is 6. The Morgan fingerprint density at radius 3 is 2.69 bits per heavy atom. The zero-order valence-electron chi connectivity index (χ0n) is 9.78. The van der Waals surface area contributed by atoms with E-state index in [-0.39, 0.29) is 11.9 Å².